The summed E-state index contributed by atoms with van der Waals surface area (Å²) in [5, 5.41) is 7.07. The average molecular weight is 567 g/mol. The first-order valence-electron chi connectivity index (χ1n) is 15.3. The summed E-state index contributed by atoms with van der Waals surface area (Å²) in [6.45, 7) is 21.0. The average Bonchev–Trinajstić information content (AvgIpc) is 3.32. The lowest BCUT2D eigenvalue weighted by Crippen LogP contribution is -2.25. The van der Waals surface area contributed by atoms with E-state index in [1.54, 1.807) is 6.92 Å². The fourth-order valence-corrected chi connectivity index (χ4v) is 5.65. The molecule has 222 valence electrons. The molecule has 1 aliphatic rings. The normalized spacial score (nSPS) is 17.5. The second kappa shape index (κ2) is 14.0. The third-order valence-electron chi connectivity index (χ3n) is 8.19. The standard InChI is InChI=1S/C37H47FN4/c1-8-11-35(28(6)41-34-16-14-30(15-17-34)27(5)40-33(9-2)10-3)36-21-31(13-12-26(36)4)32-20-29(22-39-23-32)24-42-19-18-37(7,38)25-42/h11-17,20-23,33,40-41H,5-6,8-10,18-19,24-25H2,1-4,7H3. The van der Waals surface area contributed by atoms with Crippen molar-refractivity contribution in [2.75, 3.05) is 18.4 Å². The number of rotatable bonds is 13. The number of hydrogen-bond donors (Lipinski definition) is 2. The molecule has 0 radical (unpaired) electrons. The third-order valence-corrected chi connectivity index (χ3v) is 8.19. The molecule has 0 bridgehead atoms. The number of nitrogens with zero attached hydrogens (tertiary/aromatic N) is 2. The Hall–Kier alpha value is -3.70. The van der Waals surface area contributed by atoms with E-state index in [4.69, 9.17) is 0 Å². The molecule has 1 aromatic heterocycles. The fourth-order valence-electron chi connectivity index (χ4n) is 5.65. The zero-order valence-corrected chi connectivity index (χ0v) is 26.1. The summed E-state index contributed by atoms with van der Waals surface area (Å²) in [5.74, 6) is 0. The molecule has 2 aromatic carbocycles. The summed E-state index contributed by atoms with van der Waals surface area (Å²) < 4.78 is 14.4. The maximum Gasteiger partial charge on any atom is 0.122 e. The van der Waals surface area contributed by atoms with Crippen molar-refractivity contribution in [3.05, 3.63) is 108 Å². The maximum atomic E-state index is 14.4. The molecule has 1 saturated heterocycles. The van der Waals surface area contributed by atoms with Gasteiger partial charge in [-0.25, -0.2) is 4.39 Å². The molecule has 0 saturated carbocycles. The Bertz CT molecular complexity index is 1420. The zero-order chi connectivity index (χ0) is 30.3. The van der Waals surface area contributed by atoms with Crippen molar-refractivity contribution in [1.82, 2.24) is 15.2 Å². The Morgan fingerprint density at radius 3 is 2.43 bits per heavy atom. The van der Waals surface area contributed by atoms with E-state index < -0.39 is 5.67 Å². The first-order valence-corrected chi connectivity index (χ1v) is 15.3. The summed E-state index contributed by atoms with van der Waals surface area (Å²) in [5.41, 5.74) is 9.45. The minimum Gasteiger partial charge on any atom is -0.382 e. The van der Waals surface area contributed by atoms with Crippen LogP contribution in [0.15, 0.2) is 85.9 Å². The molecule has 1 aliphatic heterocycles. The monoisotopic (exact) mass is 566 g/mol. The molecule has 0 spiro atoms. The van der Waals surface area contributed by atoms with Gasteiger partial charge in [-0.3, -0.25) is 9.88 Å². The second-order valence-electron chi connectivity index (χ2n) is 11.8. The zero-order valence-electron chi connectivity index (χ0n) is 26.1. The summed E-state index contributed by atoms with van der Waals surface area (Å²) in [6.07, 6.45) is 9.65. The number of aromatic nitrogens is 1. The maximum absolute atomic E-state index is 14.4. The van der Waals surface area contributed by atoms with Gasteiger partial charge < -0.3 is 10.6 Å². The highest BCUT2D eigenvalue weighted by Gasteiger charge is 2.33. The molecular formula is C37H47FN4. The van der Waals surface area contributed by atoms with Crippen molar-refractivity contribution in [3.63, 3.8) is 0 Å². The van der Waals surface area contributed by atoms with Gasteiger partial charge in [0.15, 0.2) is 0 Å². The number of hydrogen-bond acceptors (Lipinski definition) is 4. The van der Waals surface area contributed by atoms with Gasteiger partial charge in [-0.15, -0.1) is 0 Å². The number of pyridine rings is 1. The highest BCUT2D eigenvalue weighted by Crippen LogP contribution is 2.32. The second-order valence-corrected chi connectivity index (χ2v) is 11.8. The Balaban J connectivity index is 1.51. The van der Waals surface area contributed by atoms with E-state index in [2.05, 4.69) is 116 Å². The van der Waals surface area contributed by atoms with Crippen LogP contribution < -0.4 is 10.6 Å². The number of halogens is 1. The van der Waals surface area contributed by atoms with Gasteiger partial charge >= 0.3 is 0 Å². The first kappa shape index (κ1) is 31.2. The van der Waals surface area contributed by atoms with E-state index in [1.807, 2.05) is 12.4 Å². The summed E-state index contributed by atoms with van der Waals surface area (Å²) in [4.78, 5) is 6.70. The molecule has 4 nitrogen and oxygen atoms in total. The van der Waals surface area contributed by atoms with Crippen molar-refractivity contribution < 1.29 is 4.39 Å². The van der Waals surface area contributed by atoms with Crippen LogP contribution >= 0.6 is 0 Å². The van der Waals surface area contributed by atoms with Gasteiger partial charge in [-0.2, -0.15) is 0 Å². The number of likely N-dealkylation sites (tertiary alicyclic amines) is 1. The Morgan fingerprint density at radius 1 is 1.05 bits per heavy atom. The smallest absolute Gasteiger partial charge is 0.122 e. The van der Waals surface area contributed by atoms with E-state index >= 15 is 0 Å². The van der Waals surface area contributed by atoms with Crippen LogP contribution in [0.5, 0.6) is 0 Å². The van der Waals surface area contributed by atoms with Crippen LogP contribution in [0.2, 0.25) is 0 Å². The number of nitrogens with one attached hydrogen (secondary N) is 2. The van der Waals surface area contributed by atoms with E-state index in [9.17, 15) is 4.39 Å². The number of alkyl halides is 1. The number of allylic oxidation sites excluding steroid dienone is 2. The van der Waals surface area contributed by atoms with Gasteiger partial charge in [0.25, 0.3) is 0 Å². The van der Waals surface area contributed by atoms with Crippen LogP contribution in [0.3, 0.4) is 0 Å². The molecule has 1 atom stereocenters. The van der Waals surface area contributed by atoms with Crippen LogP contribution in [-0.2, 0) is 6.54 Å². The van der Waals surface area contributed by atoms with Crippen LogP contribution in [0.4, 0.5) is 10.1 Å². The molecule has 2 heterocycles. The van der Waals surface area contributed by atoms with Crippen molar-refractivity contribution >= 4 is 17.0 Å². The van der Waals surface area contributed by atoms with Crippen molar-refractivity contribution in [2.24, 2.45) is 0 Å². The molecule has 1 fully saturated rings. The molecular weight excluding hydrogens is 519 g/mol. The van der Waals surface area contributed by atoms with Crippen molar-refractivity contribution in [3.8, 4) is 11.1 Å². The quantitative estimate of drug-likeness (QED) is 0.202. The van der Waals surface area contributed by atoms with Crippen molar-refractivity contribution in [1.29, 1.82) is 0 Å². The Labute approximate surface area is 252 Å². The molecule has 4 rings (SSSR count). The summed E-state index contributed by atoms with van der Waals surface area (Å²) >= 11 is 0. The molecule has 0 amide bonds. The van der Waals surface area contributed by atoms with Gasteiger partial charge in [0.05, 0.1) is 0 Å². The van der Waals surface area contributed by atoms with Gasteiger partial charge in [-0.05, 0) is 91.6 Å². The lowest BCUT2D eigenvalue weighted by Gasteiger charge is -2.20. The molecule has 5 heteroatoms. The largest absolute Gasteiger partial charge is 0.382 e. The first-order chi connectivity index (χ1) is 20.1. The number of aryl methyl sites for hydroxylation is 1. The SMILES string of the molecule is C=C(Nc1ccc(C(=C)NC(CC)CC)cc1)C(=CCC)c1cc(-c2cncc(CN3CCC(C)(F)C3)c2)ccc1C. The van der Waals surface area contributed by atoms with Crippen LogP contribution in [0.1, 0.15) is 75.6 Å². The predicted octanol–water partition coefficient (Wildman–Crippen LogP) is 9.16. The van der Waals surface area contributed by atoms with Gasteiger partial charge in [0.1, 0.15) is 5.67 Å². The Morgan fingerprint density at radius 2 is 1.79 bits per heavy atom. The van der Waals surface area contributed by atoms with E-state index in [1.165, 1.54) is 5.56 Å². The van der Waals surface area contributed by atoms with E-state index in [0.29, 0.717) is 25.6 Å². The molecule has 3 aromatic rings. The fraction of sp³-hybridized carbons (Fsp3) is 0.378. The van der Waals surface area contributed by atoms with Gasteiger partial charge in [0.2, 0.25) is 0 Å². The topological polar surface area (TPSA) is 40.2 Å². The predicted molar refractivity (Wildman–Crippen MR) is 178 cm³/mol. The van der Waals surface area contributed by atoms with E-state index in [-0.39, 0.29) is 0 Å². The minimum absolute atomic E-state index is 0.437. The third kappa shape index (κ3) is 7.98. The lowest BCUT2D eigenvalue weighted by atomic mass is 9.93. The van der Waals surface area contributed by atoms with E-state index in [0.717, 1.165) is 76.3 Å². The molecule has 1 unspecified atom stereocenters. The molecule has 42 heavy (non-hydrogen) atoms. The Kier molecular flexibility index (Phi) is 10.4. The number of anilines is 1. The molecule has 2 N–H and O–H groups in total. The highest BCUT2D eigenvalue weighted by atomic mass is 19.1. The highest BCUT2D eigenvalue weighted by molar-refractivity contribution is 5.85. The molecule has 0 aliphatic carbocycles. The van der Waals surface area contributed by atoms with Crippen LogP contribution in [0, 0.1) is 6.92 Å². The van der Waals surface area contributed by atoms with Gasteiger partial charge in [-0.1, -0.05) is 64.3 Å². The minimum atomic E-state index is -1.10. The number of benzene rings is 2. The van der Waals surface area contributed by atoms with Crippen LogP contribution in [0.25, 0.3) is 22.4 Å². The van der Waals surface area contributed by atoms with Gasteiger partial charge in [0, 0.05) is 66.3 Å². The summed E-state index contributed by atoms with van der Waals surface area (Å²) in [6, 6.07) is 17.5. The van der Waals surface area contributed by atoms with Crippen molar-refractivity contribution in [2.45, 2.75) is 78.6 Å². The summed E-state index contributed by atoms with van der Waals surface area (Å²) in [7, 11) is 0. The lowest BCUT2D eigenvalue weighted by molar-refractivity contribution is 0.186. The van der Waals surface area contributed by atoms with Crippen LogP contribution in [-0.4, -0.2) is 34.7 Å².